The van der Waals surface area contributed by atoms with Crippen molar-refractivity contribution in [3.05, 3.63) is 23.2 Å². The van der Waals surface area contributed by atoms with Crippen molar-refractivity contribution < 1.29 is 8.42 Å². The molecule has 1 unspecified atom stereocenters. The summed E-state index contributed by atoms with van der Waals surface area (Å²) in [6.45, 7) is 2.77. The van der Waals surface area contributed by atoms with Crippen LogP contribution in [-0.2, 0) is 9.84 Å². The number of anilines is 2. The summed E-state index contributed by atoms with van der Waals surface area (Å²) in [5, 5.41) is 0.730. The first-order valence-electron chi connectivity index (χ1n) is 7.41. The molecular formula is C15H21ClN2O2S. The lowest BCUT2D eigenvalue weighted by Gasteiger charge is -2.28. The molecule has 0 amide bonds. The maximum absolute atomic E-state index is 11.7. The fourth-order valence-electron chi connectivity index (χ4n) is 3.33. The van der Waals surface area contributed by atoms with Gasteiger partial charge in [-0.2, -0.15) is 0 Å². The summed E-state index contributed by atoms with van der Waals surface area (Å²) in [6, 6.07) is 5.98. The number of rotatable bonds is 2. The SMILES string of the molecule is CN1CCCN(CC2CCS(=O)(=O)C2)c2cc(Cl)ccc21. The predicted molar refractivity (Wildman–Crippen MR) is 88.3 cm³/mol. The Hall–Kier alpha value is -0.940. The minimum atomic E-state index is -2.81. The number of fused-ring (bicyclic) bond motifs is 1. The Balaban J connectivity index is 1.85. The molecule has 2 heterocycles. The second-order valence-electron chi connectivity index (χ2n) is 6.12. The van der Waals surface area contributed by atoms with Crippen molar-refractivity contribution in [2.75, 3.05) is 48.0 Å². The average molecular weight is 329 g/mol. The van der Waals surface area contributed by atoms with Crippen molar-refractivity contribution in [3.8, 4) is 0 Å². The van der Waals surface area contributed by atoms with Gasteiger partial charge in [0.15, 0.2) is 9.84 Å². The molecule has 1 aromatic rings. The monoisotopic (exact) mass is 328 g/mol. The third-order valence-electron chi connectivity index (χ3n) is 4.42. The summed E-state index contributed by atoms with van der Waals surface area (Å²) < 4.78 is 23.3. The van der Waals surface area contributed by atoms with Crippen LogP contribution in [-0.4, -0.2) is 46.6 Å². The number of hydrogen-bond acceptors (Lipinski definition) is 4. The van der Waals surface area contributed by atoms with Crippen molar-refractivity contribution in [2.45, 2.75) is 12.8 Å². The molecule has 21 heavy (non-hydrogen) atoms. The summed E-state index contributed by atoms with van der Waals surface area (Å²) in [4.78, 5) is 4.56. The Morgan fingerprint density at radius 3 is 2.81 bits per heavy atom. The third-order valence-corrected chi connectivity index (χ3v) is 6.49. The fraction of sp³-hybridized carbons (Fsp3) is 0.600. The van der Waals surface area contributed by atoms with Gasteiger partial charge in [0, 0.05) is 31.7 Å². The van der Waals surface area contributed by atoms with Crippen LogP contribution >= 0.6 is 11.6 Å². The van der Waals surface area contributed by atoms with E-state index in [1.165, 1.54) is 5.69 Å². The highest BCUT2D eigenvalue weighted by molar-refractivity contribution is 7.91. The van der Waals surface area contributed by atoms with E-state index < -0.39 is 9.84 Å². The van der Waals surface area contributed by atoms with Gasteiger partial charge in [0.1, 0.15) is 0 Å². The molecular weight excluding hydrogens is 308 g/mol. The van der Waals surface area contributed by atoms with Crippen molar-refractivity contribution in [3.63, 3.8) is 0 Å². The highest BCUT2D eigenvalue weighted by atomic mass is 35.5. The second kappa shape index (κ2) is 5.69. The van der Waals surface area contributed by atoms with E-state index in [1.54, 1.807) is 0 Å². The first-order chi connectivity index (χ1) is 9.94. The molecule has 0 aromatic heterocycles. The van der Waals surface area contributed by atoms with Gasteiger partial charge in [-0.1, -0.05) is 11.6 Å². The Morgan fingerprint density at radius 1 is 1.29 bits per heavy atom. The zero-order valence-corrected chi connectivity index (χ0v) is 13.8. The van der Waals surface area contributed by atoms with Gasteiger partial charge in [-0.3, -0.25) is 0 Å². The van der Waals surface area contributed by atoms with Crippen LogP contribution in [0.3, 0.4) is 0 Å². The lowest BCUT2D eigenvalue weighted by atomic mass is 10.1. The number of halogens is 1. The molecule has 2 aliphatic heterocycles. The zero-order chi connectivity index (χ0) is 15.0. The van der Waals surface area contributed by atoms with Crippen LogP contribution in [0.2, 0.25) is 5.02 Å². The molecule has 0 N–H and O–H groups in total. The first kappa shape index (κ1) is 15.0. The molecule has 116 valence electrons. The minimum absolute atomic E-state index is 0.241. The molecule has 1 atom stereocenters. The van der Waals surface area contributed by atoms with Crippen LogP contribution in [0.4, 0.5) is 11.4 Å². The molecule has 1 saturated heterocycles. The largest absolute Gasteiger partial charge is 0.373 e. The topological polar surface area (TPSA) is 40.6 Å². The third kappa shape index (κ3) is 3.29. The van der Waals surface area contributed by atoms with E-state index >= 15 is 0 Å². The Morgan fingerprint density at radius 2 is 2.10 bits per heavy atom. The molecule has 2 aliphatic rings. The van der Waals surface area contributed by atoms with Gasteiger partial charge in [0.2, 0.25) is 0 Å². The van der Waals surface area contributed by atoms with E-state index in [0.717, 1.165) is 43.2 Å². The maximum atomic E-state index is 11.7. The molecule has 1 aromatic carbocycles. The Bertz CT molecular complexity index is 633. The number of sulfone groups is 1. The molecule has 0 bridgehead atoms. The van der Waals surface area contributed by atoms with Gasteiger partial charge in [-0.25, -0.2) is 8.42 Å². The van der Waals surface area contributed by atoms with E-state index in [2.05, 4.69) is 22.9 Å². The summed E-state index contributed by atoms with van der Waals surface area (Å²) >= 11 is 6.16. The molecule has 0 spiro atoms. The zero-order valence-electron chi connectivity index (χ0n) is 12.3. The summed E-state index contributed by atoms with van der Waals surface area (Å²) in [5.41, 5.74) is 2.31. The van der Waals surface area contributed by atoms with Crippen molar-refractivity contribution in [1.82, 2.24) is 0 Å². The van der Waals surface area contributed by atoms with Gasteiger partial charge in [0.25, 0.3) is 0 Å². The highest BCUT2D eigenvalue weighted by Crippen LogP contribution is 2.35. The van der Waals surface area contributed by atoms with E-state index in [0.29, 0.717) is 11.5 Å². The van der Waals surface area contributed by atoms with Gasteiger partial charge in [0.05, 0.1) is 22.9 Å². The van der Waals surface area contributed by atoms with Crippen LogP contribution in [0.5, 0.6) is 0 Å². The van der Waals surface area contributed by atoms with Crippen LogP contribution in [0.15, 0.2) is 18.2 Å². The van der Waals surface area contributed by atoms with E-state index in [9.17, 15) is 8.42 Å². The molecule has 1 fully saturated rings. The maximum Gasteiger partial charge on any atom is 0.150 e. The lowest BCUT2D eigenvalue weighted by molar-refractivity contribution is 0.564. The summed E-state index contributed by atoms with van der Waals surface area (Å²) in [5.74, 6) is 0.911. The molecule has 4 nitrogen and oxygen atoms in total. The van der Waals surface area contributed by atoms with Gasteiger partial charge in [-0.15, -0.1) is 0 Å². The van der Waals surface area contributed by atoms with Crippen LogP contribution < -0.4 is 9.80 Å². The quantitative estimate of drug-likeness (QED) is 0.836. The number of benzene rings is 1. The molecule has 3 rings (SSSR count). The van der Waals surface area contributed by atoms with Crippen molar-refractivity contribution in [2.24, 2.45) is 5.92 Å². The van der Waals surface area contributed by atoms with Gasteiger partial charge < -0.3 is 9.80 Å². The van der Waals surface area contributed by atoms with Crippen LogP contribution in [0, 0.1) is 5.92 Å². The molecule has 0 radical (unpaired) electrons. The van der Waals surface area contributed by atoms with E-state index in [4.69, 9.17) is 11.6 Å². The van der Waals surface area contributed by atoms with Gasteiger partial charge >= 0.3 is 0 Å². The predicted octanol–water partition coefficient (Wildman–Crippen LogP) is 2.42. The Labute approximate surface area is 131 Å². The Kier molecular flexibility index (Phi) is 4.06. The average Bonchev–Trinajstić information content (AvgIpc) is 2.68. The number of nitrogens with zero attached hydrogens (tertiary/aromatic N) is 2. The van der Waals surface area contributed by atoms with E-state index in [-0.39, 0.29) is 5.92 Å². The molecule has 0 saturated carbocycles. The molecule has 6 heteroatoms. The summed E-state index contributed by atoms with van der Waals surface area (Å²) in [7, 11) is -0.721. The van der Waals surface area contributed by atoms with Gasteiger partial charge in [-0.05, 0) is 37.0 Å². The second-order valence-corrected chi connectivity index (χ2v) is 8.79. The van der Waals surface area contributed by atoms with Crippen LogP contribution in [0.1, 0.15) is 12.8 Å². The van der Waals surface area contributed by atoms with Crippen molar-refractivity contribution >= 4 is 32.8 Å². The number of hydrogen-bond donors (Lipinski definition) is 0. The van der Waals surface area contributed by atoms with Crippen LogP contribution in [0.25, 0.3) is 0 Å². The summed E-state index contributed by atoms with van der Waals surface area (Å²) in [6.07, 6.45) is 1.85. The minimum Gasteiger partial charge on any atom is -0.373 e. The first-order valence-corrected chi connectivity index (χ1v) is 9.60. The standard InChI is InChI=1S/C15H21ClN2O2S/c1-17-6-2-7-18(10-12-5-8-21(19,20)11-12)15-9-13(16)3-4-14(15)17/h3-4,9,12H,2,5-8,10-11H2,1H3. The fourth-order valence-corrected chi connectivity index (χ4v) is 5.35. The van der Waals surface area contributed by atoms with E-state index in [1.807, 2.05) is 12.1 Å². The van der Waals surface area contributed by atoms with Crippen molar-refractivity contribution in [1.29, 1.82) is 0 Å². The normalized spacial score (nSPS) is 24.8. The smallest absolute Gasteiger partial charge is 0.150 e. The highest BCUT2D eigenvalue weighted by Gasteiger charge is 2.30. The lowest BCUT2D eigenvalue weighted by Crippen LogP contribution is -2.30. The molecule has 0 aliphatic carbocycles.